The molecule has 13 rings (SSSR count). The van der Waals surface area contributed by atoms with Gasteiger partial charge in [0.1, 0.15) is 46.4 Å². The molecule has 3 aliphatic heterocycles. The zero-order valence-electron chi connectivity index (χ0n) is 51.7. The number of pyridine rings is 6. The number of hydrogen-bond donors (Lipinski definition) is 2. The first kappa shape index (κ1) is 66.4. The largest absolute Gasteiger partial charge is 0.494 e. The Hall–Kier alpha value is -9.08. The number of benzene rings is 4. The number of aromatic nitrogens is 6. The molecule has 0 unspecified atom stereocenters. The van der Waals surface area contributed by atoms with E-state index in [0.717, 1.165) is 31.0 Å². The number of alkyl halides is 4. The van der Waals surface area contributed by atoms with Crippen molar-refractivity contribution in [1.82, 2.24) is 29.9 Å². The fourth-order valence-electron chi connectivity index (χ4n) is 10.8. The highest BCUT2D eigenvalue weighted by Gasteiger charge is 2.51. The van der Waals surface area contributed by atoms with E-state index in [-0.39, 0.29) is 33.3 Å². The van der Waals surface area contributed by atoms with Gasteiger partial charge < -0.3 is 48.7 Å². The first-order valence-electron chi connectivity index (χ1n) is 29.8. The summed E-state index contributed by atoms with van der Waals surface area (Å²) in [6.07, 6.45) is 6.61. The van der Waals surface area contributed by atoms with Crippen molar-refractivity contribution in [3.8, 4) is 45.4 Å². The van der Waals surface area contributed by atoms with E-state index in [1.807, 2.05) is 58.9 Å². The Morgan fingerprint density at radius 3 is 1.50 bits per heavy atom. The third-order valence-corrected chi connectivity index (χ3v) is 16.8. The Labute approximate surface area is 544 Å². The van der Waals surface area contributed by atoms with Crippen molar-refractivity contribution in [1.29, 1.82) is 0 Å². The first-order valence-corrected chi connectivity index (χ1v) is 30.6. The van der Waals surface area contributed by atoms with Crippen LogP contribution in [0.25, 0.3) is 55.7 Å². The van der Waals surface area contributed by atoms with Crippen molar-refractivity contribution < 1.29 is 63.4 Å². The van der Waals surface area contributed by atoms with Gasteiger partial charge in [-0.25, -0.2) is 37.5 Å². The van der Waals surface area contributed by atoms with Gasteiger partial charge in [-0.2, -0.15) is 17.6 Å². The molecule has 94 heavy (non-hydrogen) atoms. The summed E-state index contributed by atoms with van der Waals surface area (Å²) >= 11 is 3.54. The lowest BCUT2D eigenvalue weighted by Gasteiger charge is -2.32. The quantitative estimate of drug-likeness (QED) is 0.0780. The number of hydrogen-bond acceptors (Lipinski definition) is 16. The van der Waals surface area contributed by atoms with Crippen LogP contribution in [0.4, 0.5) is 69.5 Å². The zero-order chi connectivity index (χ0) is 66.4. The lowest BCUT2D eigenvalue weighted by Crippen LogP contribution is -2.41. The second-order valence-electron chi connectivity index (χ2n) is 22.9. The van der Waals surface area contributed by atoms with E-state index in [1.54, 1.807) is 80.2 Å². The van der Waals surface area contributed by atoms with Crippen LogP contribution in [0.3, 0.4) is 0 Å². The predicted octanol–water partition coefficient (Wildman–Crippen LogP) is 15.3. The van der Waals surface area contributed by atoms with E-state index >= 15 is 8.78 Å². The standard InChI is InChI=1S/C31H25F4N5O2.C24H20BrF2N5O.C13H17BF2O3/c1-18-29(24-7-2-3-8-36-24)39-26-15-20(32)14-23(33)28(26)30(18)38-25-16-27(40-9-11-41-12-10-40)37-17-22(25)19-5-4-6-21(13-19)42-31(34)35;1-14-23(18-4-2-3-5-28-18)31-20-11-15(26)10-17(27)22(20)24(14)30-19-12-21(29-13-16(19)25)32-6-8-33-9-7-32;1-12(2)13(3,4)19-14(18-12)9-6-5-7-10(8-9)17-11(15)16/h2-8,13-17,31H,9-12H2,1H3,(H,37,38,39);2-5,10-13H,6-9H2,1H3,(H,29,30,31);5-8,11H,1-4H3. The SMILES string of the molecule is CC1(C)OB(c2cccc(OC(F)F)c2)OC1(C)C.Cc1c(-c2ccccn2)nc2cc(F)cc(F)c2c1Nc1cc(N2CCOCC2)ncc1-c1cccc(OC(F)F)c1.Cc1c(-c2ccccn2)nc2cc(F)cc(F)c2c1Nc1cc(N2CCOCC2)ncc1Br. The normalized spacial score (nSPS) is 15.2. The van der Waals surface area contributed by atoms with Crippen molar-refractivity contribution in [2.75, 3.05) is 73.0 Å². The van der Waals surface area contributed by atoms with Gasteiger partial charge in [-0.05, 0) is 117 Å². The van der Waals surface area contributed by atoms with Gasteiger partial charge in [-0.15, -0.1) is 0 Å². The Morgan fingerprint density at radius 1 is 0.543 bits per heavy atom. The maximum absolute atomic E-state index is 15.4. The highest BCUT2D eigenvalue weighted by molar-refractivity contribution is 9.10. The molecule has 16 nitrogen and oxygen atoms in total. The van der Waals surface area contributed by atoms with Gasteiger partial charge in [0, 0.05) is 104 Å². The minimum atomic E-state index is -2.99. The maximum atomic E-state index is 15.4. The average molecular weight is 1360 g/mol. The molecule has 0 saturated carbocycles. The van der Waals surface area contributed by atoms with Crippen LogP contribution in [-0.2, 0) is 18.8 Å². The number of halogens is 9. The molecule has 4 aromatic carbocycles. The predicted molar refractivity (Wildman–Crippen MR) is 349 cm³/mol. The van der Waals surface area contributed by atoms with Crippen molar-refractivity contribution >= 4 is 84.7 Å². The van der Waals surface area contributed by atoms with Gasteiger partial charge in [0.15, 0.2) is 0 Å². The Morgan fingerprint density at radius 2 is 1.01 bits per heavy atom. The van der Waals surface area contributed by atoms with Gasteiger partial charge in [0.05, 0.1) is 109 Å². The van der Waals surface area contributed by atoms with Gasteiger partial charge in [0.25, 0.3) is 0 Å². The number of nitrogens with zero attached hydrogens (tertiary/aromatic N) is 8. The second kappa shape index (κ2) is 28.7. The minimum absolute atomic E-state index is 0.0183. The molecule has 0 aliphatic carbocycles. The zero-order valence-corrected chi connectivity index (χ0v) is 53.3. The summed E-state index contributed by atoms with van der Waals surface area (Å²) in [5.74, 6) is -1.40. The maximum Gasteiger partial charge on any atom is 0.494 e. The van der Waals surface area contributed by atoms with Crippen molar-refractivity contribution in [2.24, 2.45) is 0 Å². The van der Waals surface area contributed by atoms with Gasteiger partial charge in [-0.3, -0.25) is 9.97 Å². The Balaban J connectivity index is 0.000000154. The lowest BCUT2D eigenvalue weighted by molar-refractivity contribution is -0.0504. The van der Waals surface area contributed by atoms with Crippen LogP contribution >= 0.6 is 15.9 Å². The number of ether oxygens (including phenoxy) is 4. The van der Waals surface area contributed by atoms with Crippen molar-refractivity contribution in [3.05, 3.63) is 185 Å². The number of rotatable bonds is 14. The Kier molecular flexibility index (Phi) is 20.2. The molecule has 0 radical (unpaired) electrons. The van der Waals surface area contributed by atoms with Crippen LogP contribution in [0.15, 0.2) is 151 Å². The molecule has 9 heterocycles. The molecule has 3 aliphatic rings. The lowest BCUT2D eigenvalue weighted by atomic mass is 9.79. The van der Waals surface area contributed by atoms with Crippen LogP contribution in [0, 0.1) is 37.1 Å². The number of anilines is 6. The van der Waals surface area contributed by atoms with Crippen LogP contribution in [-0.4, -0.2) is 114 Å². The fraction of sp³-hybridized carbons (Fsp3) is 0.265. The van der Waals surface area contributed by atoms with E-state index in [0.29, 0.717) is 123 Å². The van der Waals surface area contributed by atoms with E-state index in [4.69, 9.17) is 18.8 Å². The van der Waals surface area contributed by atoms with E-state index in [9.17, 15) is 26.3 Å². The summed E-state index contributed by atoms with van der Waals surface area (Å²) in [6, 6.07) is 31.2. The van der Waals surface area contributed by atoms with E-state index in [2.05, 4.69) is 75.7 Å². The monoisotopic (exact) mass is 1360 g/mol. The topological polar surface area (TPSA) is 163 Å². The average Bonchev–Trinajstić information content (AvgIpc) is 1.76. The van der Waals surface area contributed by atoms with Crippen LogP contribution < -0.4 is 35.4 Å². The molecule has 26 heteroatoms. The molecule has 0 bridgehead atoms. The van der Waals surface area contributed by atoms with E-state index in [1.165, 1.54) is 36.4 Å². The van der Waals surface area contributed by atoms with Gasteiger partial charge >= 0.3 is 20.3 Å². The van der Waals surface area contributed by atoms with Gasteiger partial charge in [0.2, 0.25) is 0 Å². The second-order valence-corrected chi connectivity index (χ2v) is 23.8. The van der Waals surface area contributed by atoms with E-state index < -0.39 is 54.8 Å². The molecule has 2 N–H and O–H groups in total. The summed E-state index contributed by atoms with van der Waals surface area (Å²) in [7, 11) is -0.578. The van der Waals surface area contributed by atoms with Gasteiger partial charge in [-0.1, -0.05) is 36.4 Å². The van der Waals surface area contributed by atoms with Crippen LogP contribution in [0.1, 0.15) is 38.8 Å². The van der Waals surface area contributed by atoms with Crippen molar-refractivity contribution in [3.63, 3.8) is 0 Å². The van der Waals surface area contributed by atoms with Crippen molar-refractivity contribution in [2.45, 2.75) is 66.0 Å². The molecule has 0 atom stereocenters. The molecule has 3 fully saturated rings. The molecular weight excluding hydrogens is 1300 g/mol. The molecule has 6 aromatic heterocycles. The van der Waals surface area contributed by atoms with Crippen LogP contribution in [0.2, 0.25) is 0 Å². The summed E-state index contributed by atoms with van der Waals surface area (Å²) in [5.41, 5.74) is 6.67. The van der Waals surface area contributed by atoms with Crippen LogP contribution in [0.5, 0.6) is 11.5 Å². The molecular formula is C68H62BBrF8N10O6. The highest BCUT2D eigenvalue weighted by atomic mass is 79.9. The summed E-state index contributed by atoms with van der Waals surface area (Å²) < 4.78 is 142. The number of nitrogens with one attached hydrogen (secondary N) is 2. The molecule has 10 aromatic rings. The molecule has 0 amide bonds. The molecule has 0 spiro atoms. The fourth-order valence-corrected chi connectivity index (χ4v) is 11.1. The third-order valence-electron chi connectivity index (χ3n) is 16.2. The summed E-state index contributed by atoms with van der Waals surface area (Å²) in [4.78, 5) is 31.3. The number of morpholine rings is 2. The smallest absolute Gasteiger partial charge is 0.435 e. The summed E-state index contributed by atoms with van der Waals surface area (Å²) in [6.45, 7) is 10.6. The first-order chi connectivity index (χ1) is 45.1. The highest BCUT2D eigenvalue weighted by Crippen LogP contribution is 2.43. The minimum Gasteiger partial charge on any atom is -0.435 e. The summed E-state index contributed by atoms with van der Waals surface area (Å²) in [5, 5.41) is 7.04. The Bertz CT molecular complexity index is 4340. The third kappa shape index (κ3) is 15.1. The number of fused-ring (bicyclic) bond motifs is 2. The molecule has 3 saturated heterocycles. The molecule has 486 valence electrons.